The molecule has 3 heteroatoms. The lowest BCUT2D eigenvalue weighted by Crippen LogP contribution is -2.31. The van der Waals surface area contributed by atoms with Crippen molar-refractivity contribution in [2.75, 3.05) is 13.1 Å². The minimum atomic E-state index is -0.529. The summed E-state index contributed by atoms with van der Waals surface area (Å²) in [6.07, 6.45) is 2.47. The van der Waals surface area contributed by atoms with Crippen LogP contribution >= 0.6 is 11.6 Å². The van der Waals surface area contributed by atoms with Crippen LogP contribution in [0.25, 0.3) is 0 Å². The molecule has 0 bridgehead atoms. The van der Waals surface area contributed by atoms with E-state index >= 15 is 0 Å². The van der Waals surface area contributed by atoms with Gasteiger partial charge in [0.2, 0.25) is 0 Å². The Balaban J connectivity index is 1.95. The summed E-state index contributed by atoms with van der Waals surface area (Å²) in [7, 11) is 0. The zero-order chi connectivity index (χ0) is 10.7. The number of aryl methyl sites for hydroxylation is 1. The third-order valence-electron chi connectivity index (χ3n) is 3.04. The standard InChI is InChI=1S/C12H16ClNO/c13-11-4-2-1-3-10(11)5-6-12(15)7-8-14-9-12/h1-4,14-15H,5-9H2. The molecule has 2 rings (SSSR count). The summed E-state index contributed by atoms with van der Waals surface area (Å²) >= 11 is 6.06. The van der Waals surface area contributed by atoms with E-state index in [9.17, 15) is 5.11 Å². The van der Waals surface area contributed by atoms with Gasteiger partial charge in [-0.1, -0.05) is 29.8 Å². The zero-order valence-corrected chi connectivity index (χ0v) is 9.43. The van der Waals surface area contributed by atoms with Crippen molar-refractivity contribution in [3.8, 4) is 0 Å². The maximum absolute atomic E-state index is 10.1. The first-order valence-electron chi connectivity index (χ1n) is 5.36. The Kier molecular flexibility index (Phi) is 3.29. The average Bonchev–Trinajstić information content (AvgIpc) is 2.65. The Bertz CT molecular complexity index is 334. The smallest absolute Gasteiger partial charge is 0.0786 e. The SMILES string of the molecule is OC1(CCc2ccccc2Cl)CCNC1. The molecule has 0 amide bonds. The van der Waals surface area contributed by atoms with Crippen molar-refractivity contribution in [1.29, 1.82) is 0 Å². The van der Waals surface area contributed by atoms with Crippen molar-refractivity contribution in [2.24, 2.45) is 0 Å². The first-order chi connectivity index (χ1) is 7.20. The van der Waals surface area contributed by atoms with E-state index < -0.39 is 5.60 Å². The van der Waals surface area contributed by atoms with Crippen LogP contribution in [0.2, 0.25) is 5.02 Å². The molecule has 0 aromatic heterocycles. The molecule has 82 valence electrons. The Hall–Kier alpha value is -0.570. The van der Waals surface area contributed by atoms with Crippen molar-refractivity contribution in [1.82, 2.24) is 5.32 Å². The molecule has 2 nitrogen and oxygen atoms in total. The predicted molar refractivity (Wildman–Crippen MR) is 62.2 cm³/mol. The van der Waals surface area contributed by atoms with E-state index in [-0.39, 0.29) is 0 Å². The van der Waals surface area contributed by atoms with Crippen LogP contribution in [0.1, 0.15) is 18.4 Å². The summed E-state index contributed by atoms with van der Waals surface area (Å²) in [5.74, 6) is 0. The van der Waals surface area contributed by atoms with Crippen LogP contribution in [0.4, 0.5) is 0 Å². The lowest BCUT2D eigenvalue weighted by atomic mass is 9.94. The molecule has 1 aromatic rings. The van der Waals surface area contributed by atoms with Crippen LogP contribution in [-0.2, 0) is 6.42 Å². The molecular formula is C12H16ClNO. The summed E-state index contributed by atoms with van der Waals surface area (Å²) in [4.78, 5) is 0. The molecule has 15 heavy (non-hydrogen) atoms. The van der Waals surface area contributed by atoms with E-state index in [0.717, 1.165) is 36.4 Å². The monoisotopic (exact) mass is 225 g/mol. The second-order valence-corrected chi connectivity index (χ2v) is 4.65. The van der Waals surface area contributed by atoms with Crippen molar-refractivity contribution >= 4 is 11.6 Å². The maximum Gasteiger partial charge on any atom is 0.0786 e. The van der Waals surface area contributed by atoms with Gasteiger partial charge in [0.05, 0.1) is 5.60 Å². The second-order valence-electron chi connectivity index (χ2n) is 4.24. The van der Waals surface area contributed by atoms with E-state index in [0.29, 0.717) is 6.54 Å². The third-order valence-corrected chi connectivity index (χ3v) is 3.41. The fourth-order valence-corrected chi connectivity index (χ4v) is 2.24. The van der Waals surface area contributed by atoms with Gasteiger partial charge in [-0.3, -0.25) is 0 Å². The molecule has 0 spiro atoms. The second kappa shape index (κ2) is 4.52. The minimum Gasteiger partial charge on any atom is -0.389 e. The predicted octanol–water partition coefficient (Wildman–Crippen LogP) is 2.00. The Labute approximate surface area is 95.3 Å². The molecule has 1 aromatic carbocycles. The van der Waals surface area contributed by atoms with E-state index in [1.165, 1.54) is 0 Å². The summed E-state index contributed by atoms with van der Waals surface area (Å²) in [5.41, 5.74) is 0.596. The molecule has 1 aliphatic heterocycles. The van der Waals surface area contributed by atoms with Gasteiger partial charge in [-0.05, 0) is 37.4 Å². The Morgan fingerprint density at radius 1 is 1.40 bits per heavy atom. The molecule has 1 atom stereocenters. The quantitative estimate of drug-likeness (QED) is 0.825. The van der Waals surface area contributed by atoms with Crippen LogP contribution in [0.15, 0.2) is 24.3 Å². The Morgan fingerprint density at radius 3 is 2.87 bits per heavy atom. The summed E-state index contributed by atoms with van der Waals surface area (Å²) in [6.45, 7) is 1.62. The number of benzene rings is 1. The summed E-state index contributed by atoms with van der Waals surface area (Å²) < 4.78 is 0. The molecule has 0 saturated carbocycles. The largest absolute Gasteiger partial charge is 0.389 e. The topological polar surface area (TPSA) is 32.3 Å². The molecule has 0 aliphatic carbocycles. The number of hydrogen-bond acceptors (Lipinski definition) is 2. The highest BCUT2D eigenvalue weighted by atomic mass is 35.5. The highest BCUT2D eigenvalue weighted by Gasteiger charge is 2.30. The number of hydrogen-bond donors (Lipinski definition) is 2. The van der Waals surface area contributed by atoms with E-state index in [2.05, 4.69) is 5.32 Å². The van der Waals surface area contributed by atoms with Crippen molar-refractivity contribution in [2.45, 2.75) is 24.9 Å². The maximum atomic E-state index is 10.1. The van der Waals surface area contributed by atoms with Gasteiger partial charge in [-0.15, -0.1) is 0 Å². The van der Waals surface area contributed by atoms with Crippen molar-refractivity contribution in [3.63, 3.8) is 0 Å². The normalized spacial score (nSPS) is 25.7. The summed E-state index contributed by atoms with van der Waals surface area (Å²) in [5, 5.41) is 14.1. The van der Waals surface area contributed by atoms with Crippen LogP contribution in [-0.4, -0.2) is 23.8 Å². The van der Waals surface area contributed by atoms with Crippen LogP contribution in [0.5, 0.6) is 0 Å². The first-order valence-corrected chi connectivity index (χ1v) is 5.74. The van der Waals surface area contributed by atoms with Crippen LogP contribution in [0, 0.1) is 0 Å². The van der Waals surface area contributed by atoms with Crippen LogP contribution < -0.4 is 5.32 Å². The van der Waals surface area contributed by atoms with E-state index in [1.54, 1.807) is 0 Å². The average molecular weight is 226 g/mol. The minimum absolute atomic E-state index is 0.529. The van der Waals surface area contributed by atoms with Gasteiger partial charge in [-0.2, -0.15) is 0 Å². The number of rotatable bonds is 3. The number of aliphatic hydroxyl groups is 1. The molecular weight excluding hydrogens is 210 g/mol. The molecule has 0 radical (unpaired) electrons. The fraction of sp³-hybridized carbons (Fsp3) is 0.500. The van der Waals surface area contributed by atoms with E-state index in [4.69, 9.17) is 11.6 Å². The molecule has 1 fully saturated rings. The van der Waals surface area contributed by atoms with E-state index in [1.807, 2.05) is 24.3 Å². The molecule has 1 saturated heterocycles. The lowest BCUT2D eigenvalue weighted by molar-refractivity contribution is 0.0527. The number of halogens is 1. The van der Waals surface area contributed by atoms with Gasteiger partial charge >= 0.3 is 0 Å². The summed E-state index contributed by atoms with van der Waals surface area (Å²) in [6, 6.07) is 7.83. The van der Waals surface area contributed by atoms with Crippen molar-refractivity contribution < 1.29 is 5.11 Å². The number of β-amino-alcohol motifs (C(OH)–C–C–N with tert-alkyl or cyclic N) is 1. The Morgan fingerprint density at radius 2 is 2.20 bits per heavy atom. The lowest BCUT2D eigenvalue weighted by Gasteiger charge is -2.21. The highest BCUT2D eigenvalue weighted by Crippen LogP contribution is 2.24. The molecule has 1 unspecified atom stereocenters. The highest BCUT2D eigenvalue weighted by molar-refractivity contribution is 6.31. The zero-order valence-electron chi connectivity index (χ0n) is 8.67. The third kappa shape index (κ3) is 2.71. The molecule has 1 heterocycles. The first kappa shape index (κ1) is 10.9. The van der Waals surface area contributed by atoms with Gasteiger partial charge in [-0.25, -0.2) is 0 Å². The van der Waals surface area contributed by atoms with Gasteiger partial charge in [0.15, 0.2) is 0 Å². The number of nitrogens with one attached hydrogen (secondary N) is 1. The van der Waals surface area contributed by atoms with Crippen molar-refractivity contribution in [3.05, 3.63) is 34.9 Å². The van der Waals surface area contributed by atoms with Gasteiger partial charge in [0.25, 0.3) is 0 Å². The molecule has 1 aliphatic rings. The van der Waals surface area contributed by atoms with Crippen LogP contribution in [0.3, 0.4) is 0 Å². The van der Waals surface area contributed by atoms with Gasteiger partial charge in [0.1, 0.15) is 0 Å². The molecule has 2 N–H and O–H groups in total. The van der Waals surface area contributed by atoms with Gasteiger partial charge in [0, 0.05) is 11.6 Å². The fourth-order valence-electron chi connectivity index (χ4n) is 2.01. The van der Waals surface area contributed by atoms with Gasteiger partial charge < -0.3 is 10.4 Å².